The van der Waals surface area contributed by atoms with Crippen LogP contribution in [0.4, 0.5) is 0 Å². The van der Waals surface area contributed by atoms with Gasteiger partial charge in [-0.25, -0.2) is 4.99 Å². The first-order valence-electron chi connectivity index (χ1n) is 12.0. The molecule has 1 N–H and O–H groups in total. The number of ether oxygens (including phenoxy) is 2. The molecule has 31 heavy (non-hydrogen) atoms. The van der Waals surface area contributed by atoms with Gasteiger partial charge in [0.15, 0.2) is 5.96 Å². The number of guanidine groups is 1. The number of rotatable bonds is 10. The van der Waals surface area contributed by atoms with Gasteiger partial charge in [-0.1, -0.05) is 32.0 Å². The van der Waals surface area contributed by atoms with Crippen LogP contribution in [0, 0.1) is 0 Å². The zero-order valence-corrected chi connectivity index (χ0v) is 19.7. The van der Waals surface area contributed by atoms with E-state index in [0.29, 0.717) is 19.2 Å². The van der Waals surface area contributed by atoms with Crippen molar-refractivity contribution in [3.63, 3.8) is 0 Å². The highest BCUT2D eigenvalue weighted by molar-refractivity contribution is 5.80. The fourth-order valence-electron chi connectivity index (χ4n) is 4.36. The van der Waals surface area contributed by atoms with Crippen molar-refractivity contribution in [2.45, 2.75) is 39.8 Å². The zero-order valence-electron chi connectivity index (χ0n) is 19.7. The Labute approximate surface area is 188 Å². The minimum Gasteiger partial charge on any atom is -0.492 e. The van der Waals surface area contributed by atoms with E-state index in [-0.39, 0.29) is 0 Å². The average molecular weight is 432 g/mol. The van der Waals surface area contributed by atoms with E-state index in [9.17, 15) is 0 Å². The molecule has 0 radical (unpaired) electrons. The second-order valence-electron chi connectivity index (χ2n) is 8.19. The number of para-hydroxylation sites is 1. The van der Waals surface area contributed by atoms with E-state index in [0.717, 1.165) is 82.8 Å². The van der Waals surface area contributed by atoms with Crippen LogP contribution >= 0.6 is 0 Å². The standard InChI is InChI=1S/C24H41N5O2/c1-4-25-24(29-12-11-22(20-29)28-14-16-30-17-15-28)26-19-21-9-7-8-10-23(21)31-18-13-27(5-2)6-3/h7-10,22H,4-6,11-20H2,1-3H3,(H,25,26). The predicted octanol–water partition coefficient (Wildman–Crippen LogP) is 2.28. The maximum atomic E-state index is 6.12. The number of morpholine rings is 1. The molecule has 0 amide bonds. The number of likely N-dealkylation sites (tertiary alicyclic amines) is 1. The molecule has 3 rings (SSSR count). The Kier molecular flexibility index (Phi) is 9.90. The number of likely N-dealkylation sites (N-methyl/N-ethyl adjacent to an activating group) is 1. The summed E-state index contributed by atoms with van der Waals surface area (Å²) in [6, 6.07) is 8.89. The third kappa shape index (κ3) is 7.09. The van der Waals surface area contributed by atoms with Crippen LogP contribution in [0.2, 0.25) is 0 Å². The molecule has 1 aromatic rings. The van der Waals surface area contributed by atoms with Crippen molar-refractivity contribution >= 4 is 5.96 Å². The predicted molar refractivity (Wildman–Crippen MR) is 127 cm³/mol. The van der Waals surface area contributed by atoms with Gasteiger partial charge in [0.25, 0.3) is 0 Å². The summed E-state index contributed by atoms with van der Waals surface area (Å²) in [6.45, 7) is 17.7. The van der Waals surface area contributed by atoms with Gasteiger partial charge in [-0.3, -0.25) is 4.90 Å². The van der Waals surface area contributed by atoms with E-state index in [1.54, 1.807) is 0 Å². The molecular formula is C24H41N5O2. The molecule has 1 aromatic carbocycles. The summed E-state index contributed by atoms with van der Waals surface area (Å²) in [5.41, 5.74) is 1.14. The van der Waals surface area contributed by atoms with E-state index in [1.165, 1.54) is 6.42 Å². The molecule has 2 fully saturated rings. The highest BCUT2D eigenvalue weighted by Gasteiger charge is 2.30. The molecule has 0 spiro atoms. The Hall–Kier alpha value is -1.83. The van der Waals surface area contributed by atoms with Crippen molar-refractivity contribution in [3.8, 4) is 5.75 Å². The molecule has 0 aliphatic carbocycles. The quantitative estimate of drug-likeness (QED) is 0.453. The Morgan fingerprint density at radius 1 is 1.16 bits per heavy atom. The van der Waals surface area contributed by atoms with Gasteiger partial charge in [-0.2, -0.15) is 0 Å². The highest BCUT2D eigenvalue weighted by atomic mass is 16.5. The normalized spacial score (nSPS) is 20.5. The molecular weight excluding hydrogens is 390 g/mol. The summed E-state index contributed by atoms with van der Waals surface area (Å²) >= 11 is 0. The van der Waals surface area contributed by atoms with Crippen LogP contribution in [0.3, 0.4) is 0 Å². The van der Waals surface area contributed by atoms with Gasteiger partial charge in [-0.05, 0) is 32.5 Å². The Morgan fingerprint density at radius 2 is 1.94 bits per heavy atom. The van der Waals surface area contributed by atoms with Gasteiger partial charge >= 0.3 is 0 Å². The lowest BCUT2D eigenvalue weighted by atomic mass is 10.2. The summed E-state index contributed by atoms with van der Waals surface area (Å²) in [5.74, 6) is 1.96. The number of aliphatic imine (C=N–C) groups is 1. The average Bonchev–Trinajstić information content (AvgIpc) is 3.31. The van der Waals surface area contributed by atoms with Crippen LogP contribution in [0.5, 0.6) is 5.75 Å². The SMILES string of the molecule is CCNC(=NCc1ccccc1OCCN(CC)CC)N1CCC(N2CCOCC2)C1. The maximum absolute atomic E-state index is 6.12. The second kappa shape index (κ2) is 12.9. The molecule has 1 atom stereocenters. The molecule has 2 aliphatic heterocycles. The molecule has 0 bridgehead atoms. The molecule has 0 saturated carbocycles. The van der Waals surface area contributed by atoms with Gasteiger partial charge < -0.3 is 24.6 Å². The number of benzene rings is 1. The van der Waals surface area contributed by atoms with Crippen LogP contribution in [0.1, 0.15) is 32.8 Å². The van der Waals surface area contributed by atoms with Gasteiger partial charge in [-0.15, -0.1) is 0 Å². The first-order chi connectivity index (χ1) is 15.2. The molecule has 2 saturated heterocycles. The number of nitrogens with zero attached hydrogens (tertiary/aromatic N) is 4. The van der Waals surface area contributed by atoms with Crippen LogP contribution in [-0.4, -0.2) is 98.9 Å². The molecule has 1 unspecified atom stereocenters. The van der Waals surface area contributed by atoms with E-state index < -0.39 is 0 Å². The third-order valence-corrected chi connectivity index (χ3v) is 6.29. The van der Waals surface area contributed by atoms with Crippen LogP contribution in [-0.2, 0) is 11.3 Å². The molecule has 7 nitrogen and oxygen atoms in total. The smallest absolute Gasteiger partial charge is 0.194 e. The third-order valence-electron chi connectivity index (χ3n) is 6.29. The van der Waals surface area contributed by atoms with Crippen LogP contribution < -0.4 is 10.1 Å². The summed E-state index contributed by atoms with van der Waals surface area (Å²) in [6.07, 6.45) is 1.19. The van der Waals surface area contributed by atoms with E-state index in [2.05, 4.69) is 59.0 Å². The minimum absolute atomic E-state index is 0.600. The summed E-state index contributed by atoms with van der Waals surface area (Å²) < 4.78 is 11.6. The van der Waals surface area contributed by atoms with Gasteiger partial charge in [0.1, 0.15) is 12.4 Å². The number of hydrogen-bond donors (Lipinski definition) is 1. The molecule has 7 heteroatoms. The topological polar surface area (TPSA) is 52.6 Å². The van der Waals surface area contributed by atoms with Gasteiger partial charge in [0.05, 0.1) is 19.8 Å². The lowest BCUT2D eigenvalue weighted by Crippen LogP contribution is -2.46. The van der Waals surface area contributed by atoms with Crippen molar-refractivity contribution in [1.29, 1.82) is 0 Å². The van der Waals surface area contributed by atoms with Crippen molar-refractivity contribution in [2.24, 2.45) is 4.99 Å². The number of nitrogens with one attached hydrogen (secondary N) is 1. The van der Waals surface area contributed by atoms with Crippen molar-refractivity contribution in [2.75, 3.05) is 72.2 Å². The lowest BCUT2D eigenvalue weighted by Gasteiger charge is -2.32. The summed E-state index contributed by atoms with van der Waals surface area (Å²) in [5, 5.41) is 3.50. The van der Waals surface area contributed by atoms with Crippen molar-refractivity contribution in [1.82, 2.24) is 20.0 Å². The molecule has 2 aliphatic rings. The molecule has 174 valence electrons. The maximum Gasteiger partial charge on any atom is 0.194 e. The monoisotopic (exact) mass is 431 g/mol. The first kappa shape index (κ1) is 23.8. The van der Waals surface area contributed by atoms with Gasteiger partial charge in [0, 0.05) is 50.9 Å². The largest absolute Gasteiger partial charge is 0.492 e. The van der Waals surface area contributed by atoms with Crippen LogP contribution in [0.25, 0.3) is 0 Å². The summed E-state index contributed by atoms with van der Waals surface area (Å²) in [4.78, 5) is 12.3. The van der Waals surface area contributed by atoms with Crippen molar-refractivity contribution < 1.29 is 9.47 Å². The van der Waals surface area contributed by atoms with E-state index in [1.807, 2.05) is 6.07 Å². The zero-order chi connectivity index (χ0) is 21.9. The summed E-state index contributed by atoms with van der Waals surface area (Å²) in [7, 11) is 0. The van der Waals surface area contributed by atoms with Crippen molar-refractivity contribution in [3.05, 3.63) is 29.8 Å². The highest BCUT2D eigenvalue weighted by Crippen LogP contribution is 2.20. The Bertz CT molecular complexity index is 674. The van der Waals surface area contributed by atoms with E-state index in [4.69, 9.17) is 14.5 Å². The Balaban J connectivity index is 1.59. The Morgan fingerprint density at radius 3 is 2.68 bits per heavy atom. The van der Waals surface area contributed by atoms with Gasteiger partial charge in [0.2, 0.25) is 0 Å². The lowest BCUT2D eigenvalue weighted by molar-refractivity contribution is 0.0195. The van der Waals surface area contributed by atoms with Crippen LogP contribution in [0.15, 0.2) is 29.3 Å². The first-order valence-corrected chi connectivity index (χ1v) is 12.0. The van der Waals surface area contributed by atoms with E-state index >= 15 is 0 Å². The fraction of sp³-hybridized carbons (Fsp3) is 0.708. The molecule has 2 heterocycles. The second-order valence-corrected chi connectivity index (χ2v) is 8.19. The minimum atomic E-state index is 0.600. The number of hydrogen-bond acceptors (Lipinski definition) is 5. The molecule has 0 aromatic heterocycles. The fourth-order valence-corrected chi connectivity index (χ4v) is 4.36.